The van der Waals surface area contributed by atoms with Crippen molar-refractivity contribution in [1.82, 2.24) is 24.9 Å². The van der Waals surface area contributed by atoms with Gasteiger partial charge in [0.15, 0.2) is 0 Å². The Labute approximate surface area is 326 Å². The summed E-state index contributed by atoms with van der Waals surface area (Å²) in [5, 5.41) is 12.8. The van der Waals surface area contributed by atoms with Gasteiger partial charge in [-0.1, -0.05) is 37.3 Å². The summed E-state index contributed by atoms with van der Waals surface area (Å²) in [6, 6.07) is 0.784. The first-order chi connectivity index (χ1) is 26.3. The van der Waals surface area contributed by atoms with Gasteiger partial charge in [0.2, 0.25) is 17.7 Å². The number of piperazine rings is 1. The number of rotatable bonds is 9. The maximum absolute atomic E-state index is 13.5. The summed E-state index contributed by atoms with van der Waals surface area (Å²) in [7, 11) is 0. The lowest BCUT2D eigenvalue weighted by Crippen LogP contribution is -2.54. The zero-order chi connectivity index (χ0) is 37.2. The Morgan fingerprint density at radius 3 is 2.00 bits per heavy atom. The van der Waals surface area contributed by atoms with Crippen LogP contribution in [0, 0.1) is 35.5 Å². The first kappa shape index (κ1) is 39.0. The van der Waals surface area contributed by atoms with Crippen molar-refractivity contribution in [2.24, 2.45) is 35.5 Å². The highest BCUT2D eigenvalue weighted by atomic mass is 16.3. The predicted molar refractivity (Wildman–Crippen MR) is 212 cm³/mol. The van der Waals surface area contributed by atoms with Crippen LogP contribution in [0.25, 0.3) is 0 Å². The molecule has 4 saturated carbocycles. The molecule has 4 saturated heterocycles. The van der Waals surface area contributed by atoms with E-state index in [9.17, 15) is 19.5 Å². The van der Waals surface area contributed by atoms with Gasteiger partial charge in [-0.2, -0.15) is 0 Å². The van der Waals surface area contributed by atoms with E-state index in [1.54, 1.807) is 0 Å². The number of hydrogen-bond donors (Lipinski definition) is 2. The molecule has 54 heavy (non-hydrogen) atoms. The standard InChI is InChI=1S/C45H73N5O4/c1-2-39(32-6-4-3-5-7-32)43(34-11-16-38(51)17-12-34)33-8-13-36(14-9-33)48-22-20-31(21-23-48)29-47-24-26-49(27-25-47)37-15-10-35-30-50(45(54)40(35)28-37)41-18-19-42(52)46-44(41)53/h31-38,40-41,51H,2-30H2,1H3,(H,46,52,53)/b43-39+. The summed E-state index contributed by atoms with van der Waals surface area (Å²) in [6.07, 6.45) is 24.9. The van der Waals surface area contributed by atoms with Gasteiger partial charge in [-0.05, 0) is 152 Å². The molecule has 9 nitrogen and oxygen atoms in total. The monoisotopic (exact) mass is 748 g/mol. The number of aliphatic hydroxyl groups excluding tert-OH is 1. The maximum Gasteiger partial charge on any atom is 0.249 e. The number of carbonyl (C=O) groups excluding carboxylic acids is 3. The molecule has 0 spiro atoms. The molecule has 4 unspecified atom stereocenters. The SMILES string of the molecule is CC/C(=C(\C1CCC(O)CC1)C1CCC(N2CCC(CN3CCN(C4CCC5CN(C6CCC(=O)NC6=O)C(=O)C5C4)CC3)CC2)CC1)C1CCCCC1. The number of piperidine rings is 2. The van der Waals surface area contributed by atoms with E-state index in [0.29, 0.717) is 31.3 Å². The van der Waals surface area contributed by atoms with Crippen LogP contribution < -0.4 is 5.32 Å². The quantitative estimate of drug-likeness (QED) is 0.216. The summed E-state index contributed by atoms with van der Waals surface area (Å²) in [6.45, 7) is 11.4. The number of fused-ring (bicyclic) bond motifs is 1. The molecule has 2 N–H and O–H groups in total. The minimum absolute atomic E-state index is 0.0354. The second-order valence-electron chi connectivity index (χ2n) is 19.3. The molecule has 0 aromatic rings. The van der Waals surface area contributed by atoms with E-state index in [1.807, 2.05) is 16.0 Å². The molecule has 9 heteroatoms. The predicted octanol–water partition coefficient (Wildman–Crippen LogP) is 6.15. The minimum Gasteiger partial charge on any atom is -0.393 e. The molecule has 4 aliphatic carbocycles. The average molecular weight is 748 g/mol. The normalized spacial score (nSPS) is 38.0. The number of carbonyl (C=O) groups is 3. The van der Waals surface area contributed by atoms with Crippen LogP contribution in [0.3, 0.4) is 0 Å². The molecule has 0 bridgehead atoms. The van der Waals surface area contributed by atoms with Gasteiger partial charge in [0.1, 0.15) is 6.04 Å². The molecule has 4 heterocycles. The summed E-state index contributed by atoms with van der Waals surface area (Å²) >= 11 is 0. The van der Waals surface area contributed by atoms with Crippen molar-refractivity contribution in [3.8, 4) is 0 Å². The number of likely N-dealkylation sites (tertiary alicyclic amines) is 2. The Morgan fingerprint density at radius 2 is 1.33 bits per heavy atom. The lowest BCUT2D eigenvalue weighted by Gasteiger charge is -2.45. The average Bonchev–Trinajstić information content (AvgIpc) is 3.53. The van der Waals surface area contributed by atoms with Crippen LogP contribution in [0.4, 0.5) is 0 Å². The van der Waals surface area contributed by atoms with E-state index >= 15 is 0 Å². The van der Waals surface area contributed by atoms with Crippen LogP contribution >= 0.6 is 0 Å². The van der Waals surface area contributed by atoms with Gasteiger partial charge >= 0.3 is 0 Å². The van der Waals surface area contributed by atoms with Crippen LogP contribution in [-0.2, 0) is 14.4 Å². The smallest absolute Gasteiger partial charge is 0.249 e. The van der Waals surface area contributed by atoms with Crippen molar-refractivity contribution in [1.29, 1.82) is 0 Å². The molecular weight excluding hydrogens is 675 g/mol. The Balaban J connectivity index is 0.770. The third kappa shape index (κ3) is 8.69. The van der Waals surface area contributed by atoms with Crippen molar-refractivity contribution in [2.45, 2.75) is 166 Å². The molecular formula is C45H73N5O4. The second-order valence-corrected chi connectivity index (χ2v) is 19.3. The molecule has 4 atom stereocenters. The Kier molecular flexibility index (Phi) is 12.8. The van der Waals surface area contributed by atoms with E-state index < -0.39 is 6.04 Å². The van der Waals surface area contributed by atoms with Crippen molar-refractivity contribution in [2.75, 3.05) is 52.4 Å². The highest BCUT2D eigenvalue weighted by Gasteiger charge is 2.49. The number of aliphatic hydroxyl groups is 1. The molecule has 0 aromatic heterocycles. The topological polar surface area (TPSA) is 96.4 Å². The number of hydrogen-bond acceptors (Lipinski definition) is 7. The van der Waals surface area contributed by atoms with Crippen LogP contribution in [-0.4, -0.2) is 119 Å². The summed E-state index contributed by atoms with van der Waals surface area (Å²) in [5.41, 5.74) is 3.78. The Hall–Kier alpha value is -1.81. The molecule has 3 amide bonds. The third-order valence-electron chi connectivity index (χ3n) is 16.3. The van der Waals surface area contributed by atoms with Crippen molar-refractivity contribution < 1.29 is 19.5 Å². The highest BCUT2D eigenvalue weighted by Crippen LogP contribution is 2.46. The van der Waals surface area contributed by atoms with Gasteiger partial charge in [0.05, 0.1) is 6.10 Å². The van der Waals surface area contributed by atoms with E-state index in [0.717, 1.165) is 88.0 Å². The van der Waals surface area contributed by atoms with E-state index in [4.69, 9.17) is 0 Å². The van der Waals surface area contributed by atoms with Gasteiger partial charge < -0.3 is 19.8 Å². The van der Waals surface area contributed by atoms with Gasteiger partial charge in [0, 0.05) is 63.7 Å². The van der Waals surface area contributed by atoms with Gasteiger partial charge in [0.25, 0.3) is 0 Å². The molecule has 8 fully saturated rings. The van der Waals surface area contributed by atoms with Gasteiger partial charge in [-0.3, -0.25) is 24.6 Å². The Morgan fingerprint density at radius 1 is 0.685 bits per heavy atom. The van der Waals surface area contributed by atoms with E-state index in [1.165, 1.54) is 110 Å². The molecule has 8 aliphatic rings. The molecule has 4 aliphatic heterocycles. The molecule has 302 valence electrons. The van der Waals surface area contributed by atoms with E-state index in [2.05, 4.69) is 26.9 Å². The van der Waals surface area contributed by atoms with Crippen LogP contribution in [0.5, 0.6) is 0 Å². The molecule has 0 aromatic carbocycles. The fourth-order valence-corrected chi connectivity index (χ4v) is 13.2. The van der Waals surface area contributed by atoms with Crippen molar-refractivity contribution >= 4 is 17.7 Å². The van der Waals surface area contributed by atoms with Crippen LogP contribution in [0.15, 0.2) is 11.1 Å². The Bertz CT molecular complexity index is 1330. The maximum atomic E-state index is 13.5. The lowest BCUT2D eigenvalue weighted by molar-refractivity contribution is -0.145. The molecule has 8 rings (SSSR count). The van der Waals surface area contributed by atoms with Gasteiger partial charge in [-0.15, -0.1) is 0 Å². The minimum atomic E-state index is -0.465. The number of nitrogens with one attached hydrogen (secondary N) is 1. The second kappa shape index (κ2) is 17.8. The summed E-state index contributed by atoms with van der Waals surface area (Å²) in [4.78, 5) is 47.8. The third-order valence-corrected chi connectivity index (χ3v) is 16.3. The first-order valence-electron chi connectivity index (χ1n) is 23.1. The lowest BCUT2D eigenvalue weighted by atomic mass is 9.67. The molecule has 0 radical (unpaired) electrons. The van der Waals surface area contributed by atoms with Crippen molar-refractivity contribution in [3.63, 3.8) is 0 Å². The fraction of sp³-hybridized carbons (Fsp3) is 0.889. The zero-order valence-corrected chi connectivity index (χ0v) is 33.7. The van der Waals surface area contributed by atoms with Crippen LogP contribution in [0.2, 0.25) is 0 Å². The number of imide groups is 1. The first-order valence-corrected chi connectivity index (χ1v) is 23.1. The van der Waals surface area contributed by atoms with Crippen molar-refractivity contribution in [3.05, 3.63) is 11.1 Å². The summed E-state index contributed by atoms with van der Waals surface area (Å²) < 4.78 is 0. The highest BCUT2D eigenvalue weighted by molar-refractivity contribution is 6.02. The van der Waals surface area contributed by atoms with E-state index in [-0.39, 0.29) is 29.7 Å². The number of allylic oxidation sites excluding steroid dienone is 2. The largest absolute Gasteiger partial charge is 0.393 e. The summed E-state index contributed by atoms with van der Waals surface area (Å²) in [5.74, 6) is 3.21. The van der Waals surface area contributed by atoms with Gasteiger partial charge in [-0.25, -0.2) is 0 Å². The number of nitrogens with zero attached hydrogens (tertiary/aromatic N) is 4. The fourth-order valence-electron chi connectivity index (χ4n) is 13.2. The zero-order valence-electron chi connectivity index (χ0n) is 33.7. The number of amides is 3. The van der Waals surface area contributed by atoms with Crippen LogP contribution in [0.1, 0.15) is 142 Å².